The number of carbonyl (C=O) groups is 2. The molecule has 2 amide bonds. The first-order valence-corrected chi connectivity index (χ1v) is 9.90. The third kappa shape index (κ3) is 2.84. The Balaban J connectivity index is 1.89. The van der Waals surface area contributed by atoms with Gasteiger partial charge in [-0.05, 0) is 54.6 Å². The second-order valence-corrected chi connectivity index (χ2v) is 7.71. The Morgan fingerprint density at radius 1 is 0.857 bits per heavy atom. The lowest BCUT2D eigenvalue weighted by atomic mass is 10.1. The van der Waals surface area contributed by atoms with Crippen molar-refractivity contribution in [2.24, 2.45) is 0 Å². The zero-order chi connectivity index (χ0) is 19.8. The van der Waals surface area contributed by atoms with Crippen LogP contribution in [0.15, 0.2) is 71.7 Å². The number of anilines is 2. The van der Waals surface area contributed by atoms with E-state index in [4.69, 9.17) is 0 Å². The Bertz CT molecular complexity index is 1090. The molecule has 0 spiro atoms. The summed E-state index contributed by atoms with van der Waals surface area (Å²) in [6.45, 7) is 3.92. The molecule has 1 aliphatic heterocycles. The van der Waals surface area contributed by atoms with E-state index >= 15 is 0 Å². The van der Waals surface area contributed by atoms with E-state index in [1.807, 2.05) is 86.9 Å². The van der Waals surface area contributed by atoms with E-state index in [9.17, 15) is 9.59 Å². The van der Waals surface area contributed by atoms with Gasteiger partial charge in [-0.25, -0.2) is 4.90 Å². The predicted octanol–water partition coefficient (Wildman–Crippen LogP) is 4.79. The maximum atomic E-state index is 13.5. The molecule has 0 unspecified atom stereocenters. The monoisotopic (exact) mass is 388 g/mol. The van der Waals surface area contributed by atoms with Crippen molar-refractivity contribution in [3.8, 4) is 0 Å². The third-order valence-electron chi connectivity index (χ3n) is 5.12. The molecule has 4 nitrogen and oxygen atoms in total. The van der Waals surface area contributed by atoms with Crippen molar-refractivity contribution in [1.29, 1.82) is 0 Å². The minimum atomic E-state index is -0.298. The molecule has 0 radical (unpaired) electrons. The van der Waals surface area contributed by atoms with Crippen molar-refractivity contribution in [2.45, 2.75) is 13.8 Å². The standard InChI is InChI=1S/C23H20N2O2S/c1-15-9-7-12-18(16(15)2)25-22(26)20(19-13-8-14-28-19)21(23(25)27)24(3)17-10-5-4-6-11-17/h4-14H,1-3H3. The summed E-state index contributed by atoms with van der Waals surface area (Å²) >= 11 is 1.46. The van der Waals surface area contributed by atoms with Crippen molar-refractivity contribution in [3.63, 3.8) is 0 Å². The van der Waals surface area contributed by atoms with Crippen LogP contribution >= 0.6 is 11.3 Å². The molecule has 0 bridgehead atoms. The van der Waals surface area contributed by atoms with Crippen LogP contribution in [0.2, 0.25) is 0 Å². The highest BCUT2D eigenvalue weighted by Gasteiger charge is 2.43. The van der Waals surface area contributed by atoms with Crippen molar-refractivity contribution in [3.05, 3.63) is 87.7 Å². The van der Waals surface area contributed by atoms with E-state index < -0.39 is 0 Å². The van der Waals surface area contributed by atoms with Crippen molar-refractivity contribution < 1.29 is 9.59 Å². The van der Waals surface area contributed by atoms with Gasteiger partial charge >= 0.3 is 0 Å². The van der Waals surface area contributed by atoms with Crippen LogP contribution in [0.1, 0.15) is 16.0 Å². The smallest absolute Gasteiger partial charge is 0.282 e. The lowest BCUT2D eigenvalue weighted by Gasteiger charge is -2.22. The summed E-state index contributed by atoms with van der Waals surface area (Å²) in [5.74, 6) is -0.576. The molecule has 0 fully saturated rings. The molecular weight excluding hydrogens is 368 g/mol. The largest absolute Gasteiger partial charge is 0.339 e. The van der Waals surface area contributed by atoms with E-state index in [1.165, 1.54) is 16.2 Å². The zero-order valence-electron chi connectivity index (χ0n) is 16.0. The first kappa shape index (κ1) is 18.2. The highest BCUT2D eigenvalue weighted by Crippen LogP contribution is 2.38. The SMILES string of the molecule is Cc1cccc(N2C(=O)C(c3cccs3)=C(N(C)c3ccccc3)C2=O)c1C. The Hall–Kier alpha value is -3.18. The average Bonchev–Trinajstić information content (AvgIpc) is 3.31. The van der Waals surface area contributed by atoms with E-state index in [1.54, 1.807) is 4.90 Å². The molecule has 2 aromatic carbocycles. The predicted molar refractivity (Wildman–Crippen MR) is 114 cm³/mol. The molecule has 0 atom stereocenters. The van der Waals surface area contributed by atoms with Crippen LogP contribution in [0, 0.1) is 13.8 Å². The molecule has 0 aliphatic carbocycles. The number of hydrogen-bond donors (Lipinski definition) is 0. The number of benzene rings is 2. The number of hydrogen-bond acceptors (Lipinski definition) is 4. The van der Waals surface area contributed by atoms with Crippen LogP contribution in [0.5, 0.6) is 0 Å². The Morgan fingerprint density at radius 3 is 2.29 bits per heavy atom. The minimum Gasteiger partial charge on any atom is -0.339 e. The average molecular weight is 388 g/mol. The van der Waals surface area contributed by atoms with Gasteiger partial charge in [-0.15, -0.1) is 11.3 Å². The molecule has 1 aromatic heterocycles. The van der Waals surface area contributed by atoms with Gasteiger partial charge in [0.25, 0.3) is 11.8 Å². The third-order valence-corrected chi connectivity index (χ3v) is 6.01. The van der Waals surface area contributed by atoms with Crippen molar-refractivity contribution >= 4 is 40.1 Å². The Kier molecular flexibility index (Phi) is 4.61. The number of aryl methyl sites for hydroxylation is 1. The second kappa shape index (κ2) is 7.09. The van der Waals surface area contributed by atoms with Gasteiger partial charge in [0.2, 0.25) is 0 Å². The fourth-order valence-corrected chi connectivity index (χ4v) is 4.21. The summed E-state index contributed by atoms with van der Waals surface area (Å²) in [4.78, 5) is 30.9. The summed E-state index contributed by atoms with van der Waals surface area (Å²) < 4.78 is 0. The molecule has 1 aliphatic rings. The van der Waals surface area contributed by atoms with Crippen LogP contribution in [-0.4, -0.2) is 18.9 Å². The number of imide groups is 1. The van der Waals surface area contributed by atoms with Gasteiger partial charge < -0.3 is 4.90 Å². The van der Waals surface area contributed by atoms with E-state index in [0.717, 1.165) is 21.7 Å². The highest BCUT2D eigenvalue weighted by atomic mass is 32.1. The number of rotatable bonds is 4. The van der Waals surface area contributed by atoms with E-state index in [2.05, 4.69) is 0 Å². The number of thiophene rings is 1. The molecule has 2 heterocycles. The molecule has 3 aromatic rings. The minimum absolute atomic E-state index is 0.279. The summed E-state index contributed by atoms with van der Waals surface area (Å²) in [6.07, 6.45) is 0. The number of carbonyl (C=O) groups excluding carboxylic acids is 2. The number of para-hydroxylation sites is 1. The highest BCUT2D eigenvalue weighted by molar-refractivity contribution is 7.11. The fourth-order valence-electron chi connectivity index (χ4n) is 3.45. The maximum Gasteiger partial charge on any atom is 0.282 e. The molecule has 140 valence electrons. The number of likely N-dealkylation sites (N-methyl/N-ethyl adjacent to an activating group) is 1. The fraction of sp³-hybridized carbons (Fsp3) is 0.130. The summed E-state index contributed by atoms with van der Waals surface area (Å²) in [5, 5.41) is 1.92. The molecule has 0 N–H and O–H groups in total. The summed E-state index contributed by atoms with van der Waals surface area (Å²) in [6, 6.07) is 19.1. The molecule has 0 saturated carbocycles. The molecule has 4 rings (SSSR count). The van der Waals surface area contributed by atoms with Gasteiger partial charge in [-0.2, -0.15) is 0 Å². The van der Waals surface area contributed by atoms with Gasteiger partial charge in [0.1, 0.15) is 5.70 Å². The summed E-state index contributed by atoms with van der Waals surface area (Å²) in [5.41, 5.74) is 4.32. The summed E-state index contributed by atoms with van der Waals surface area (Å²) in [7, 11) is 1.83. The Morgan fingerprint density at radius 2 is 1.61 bits per heavy atom. The molecule has 5 heteroatoms. The maximum absolute atomic E-state index is 13.5. The number of amides is 2. The van der Waals surface area contributed by atoms with Crippen LogP contribution in [0.25, 0.3) is 5.57 Å². The van der Waals surface area contributed by atoms with Crippen molar-refractivity contribution in [1.82, 2.24) is 0 Å². The van der Waals surface area contributed by atoms with E-state index in [-0.39, 0.29) is 11.8 Å². The lowest BCUT2D eigenvalue weighted by molar-refractivity contribution is -0.120. The second-order valence-electron chi connectivity index (χ2n) is 6.76. The normalized spacial score (nSPS) is 14.2. The molecule has 28 heavy (non-hydrogen) atoms. The van der Waals surface area contributed by atoms with E-state index in [0.29, 0.717) is 17.0 Å². The van der Waals surface area contributed by atoms with Crippen LogP contribution in [-0.2, 0) is 9.59 Å². The zero-order valence-corrected chi connectivity index (χ0v) is 16.8. The Labute approximate surface area is 168 Å². The quantitative estimate of drug-likeness (QED) is 0.604. The van der Waals surface area contributed by atoms with Gasteiger partial charge in [-0.1, -0.05) is 36.4 Å². The van der Waals surface area contributed by atoms with Gasteiger partial charge in [0.05, 0.1) is 11.3 Å². The molecular formula is C23H20N2O2S. The molecule has 0 saturated heterocycles. The van der Waals surface area contributed by atoms with Crippen molar-refractivity contribution in [2.75, 3.05) is 16.8 Å². The van der Waals surface area contributed by atoms with Gasteiger partial charge in [0, 0.05) is 17.6 Å². The van der Waals surface area contributed by atoms with Gasteiger partial charge in [0.15, 0.2) is 0 Å². The lowest BCUT2D eigenvalue weighted by Crippen LogP contribution is -2.34. The number of nitrogens with zero attached hydrogens (tertiary/aromatic N) is 2. The first-order chi connectivity index (χ1) is 13.5. The van der Waals surface area contributed by atoms with Crippen LogP contribution in [0.3, 0.4) is 0 Å². The topological polar surface area (TPSA) is 40.6 Å². The first-order valence-electron chi connectivity index (χ1n) is 9.02. The van der Waals surface area contributed by atoms with Gasteiger partial charge in [-0.3, -0.25) is 9.59 Å². The van der Waals surface area contributed by atoms with Crippen LogP contribution in [0.4, 0.5) is 11.4 Å². The van der Waals surface area contributed by atoms with Crippen LogP contribution < -0.4 is 9.80 Å².